The van der Waals surface area contributed by atoms with Crippen LogP contribution in [0.4, 0.5) is 4.39 Å². The van der Waals surface area contributed by atoms with Crippen LogP contribution in [0.1, 0.15) is 10.5 Å². The van der Waals surface area contributed by atoms with Crippen LogP contribution < -0.4 is 11.2 Å². The molecular formula is C13H8FN3O4. The standard InChI is InChI=1S/C13H8FN3O4/c1-2-7-16-13(21)17(9-5-3-8(14)4-6-9)11(18)10(15-16)12(19)20/h1,3-6H,7H2,(H,19,20). The van der Waals surface area contributed by atoms with Crippen LogP contribution >= 0.6 is 0 Å². The summed E-state index contributed by atoms with van der Waals surface area (Å²) in [7, 11) is 0. The summed E-state index contributed by atoms with van der Waals surface area (Å²) in [6, 6.07) is 4.41. The molecule has 0 saturated heterocycles. The van der Waals surface area contributed by atoms with Crippen molar-refractivity contribution < 1.29 is 14.3 Å². The van der Waals surface area contributed by atoms with Crippen molar-refractivity contribution in [3.63, 3.8) is 0 Å². The second-order valence-corrected chi connectivity index (χ2v) is 3.92. The second kappa shape index (κ2) is 5.42. The third-order valence-corrected chi connectivity index (χ3v) is 2.57. The van der Waals surface area contributed by atoms with Crippen molar-refractivity contribution in [3.8, 4) is 18.0 Å². The average Bonchev–Trinajstić information content (AvgIpc) is 2.44. The molecule has 0 radical (unpaired) electrons. The van der Waals surface area contributed by atoms with Crippen molar-refractivity contribution >= 4 is 5.97 Å². The predicted octanol–water partition coefficient (Wildman–Crippen LogP) is -0.135. The summed E-state index contributed by atoms with van der Waals surface area (Å²) in [5.41, 5.74) is -2.86. The van der Waals surface area contributed by atoms with Gasteiger partial charge in [0.25, 0.3) is 5.56 Å². The van der Waals surface area contributed by atoms with Crippen LogP contribution in [0, 0.1) is 18.2 Å². The lowest BCUT2D eigenvalue weighted by Crippen LogP contribution is -2.43. The first-order valence-corrected chi connectivity index (χ1v) is 5.62. The predicted molar refractivity (Wildman–Crippen MR) is 69.8 cm³/mol. The van der Waals surface area contributed by atoms with Crippen LogP contribution in [-0.2, 0) is 6.54 Å². The molecule has 0 aliphatic rings. The summed E-state index contributed by atoms with van der Waals surface area (Å²) >= 11 is 0. The Kier molecular flexibility index (Phi) is 3.67. The van der Waals surface area contributed by atoms with Crippen LogP contribution in [0.25, 0.3) is 5.69 Å². The van der Waals surface area contributed by atoms with E-state index in [2.05, 4.69) is 11.0 Å². The lowest BCUT2D eigenvalue weighted by atomic mass is 10.3. The summed E-state index contributed by atoms with van der Waals surface area (Å²) in [5, 5.41) is 12.4. The molecule has 0 unspecified atom stereocenters. The number of hydrogen-bond acceptors (Lipinski definition) is 4. The van der Waals surface area contributed by atoms with Crippen LogP contribution in [0.15, 0.2) is 33.9 Å². The summed E-state index contributed by atoms with van der Waals surface area (Å²) in [6.45, 7) is -0.305. The van der Waals surface area contributed by atoms with E-state index in [1.165, 1.54) is 12.1 Å². The van der Waals surface area contributed by atoms with Crippen LogP contribution in [-0.4, -0.2) is 25.4 Å². The van der Waals surface area contributed by atoms with Gasteiger partial charge >= 0.3 is 11.7 Å². The van der Waals surface area contributed by atoms with Gasteiger partial charge in [-0.15, -0.1) is 6.42 Å². The van der Waals surface area contributed by atoms with Gasteiger partial charge in [0.15, 0.2) is 0 Å². The number of rotatable bonds is 3. The number of carboxylic acids is 1. The highest BCUT2D eigenvalue weighted by atomic mass is 19.1. The molecule has 1 aromatic heterocycles. The molecule has 0 atom stereocenters. The molecule has 1 heterocycles. The number of aromatic nitrogens is 3. The molecule has 106 valence electrons. The molecular weight excluding hydrogens is 281 g/mol. The van der Waals surface area contributed by atoms with E-state index in [0.29, 0.717) is 9.25 Å². The largest absolute Gasteiger partial charge is 0.476 e. The molecule has 0 aliphatic carbocycles. The zero-order valence-electron chi connectivity index (χ0n) is 10.5. The fourth-order valence-electron chi connectivity index (χ4n) is 1.66. The first kappa shape index (κ1) is 14.2. The number of carbonyl (C=O) groups is 1. The third kappa shape index (κ3) is 2.57. The summed E-state index contributed by atoms with van der Waals surface area (Å²) in [6.07, 6.45) is 5.07. The Balaban J connectivity index is 2.84. The van der Waals surface area contributed by atoms with Crippen molar-refractivity contribution in [2.75, 3.05) is 0 Å². The maximum atomic E-state index is 12.9. The van der Waals surface area contributed by atoms with Crippen molar-refractivity contribution in [2.24, 2.45) is 0 Å². The van der Waals surface area contributed by atoms with Crippen LogP contribution in [0.3, 0.4) is 0 Å². The normalized spacial score (nSPS) is 10.1. The van der Waals surface area contributed by atoms with Crippen molar-refractivity contribution in [1.82, 2.24) is 14.3 Å². The van der Waals surface area contributed by atoms with E-state index in [9.17, 15) is 18.8 Å². The van der Waals surface area contributed by atoms with Gasteiger partial charge in [-0.05, 0) is 24.3 Å². The van der Waals surface area contributed by atoms with Gasteiger partial charge in [-0.1, -0.05) is 5.92 Å². The number of hydrogen-bond donors (Lipinski definition) is 1. The zero-order valence-corrected chi connectivity index (χ0v) is 10.5. The maximum absolute atomic E-state index is 12.9. The fourth-order valence-corrected chi connectivity index (χ4v) is 1.66. The van der Waals surface area contributed by atoms with E-state index in [0.717, 1.165) is 12.1 Å². The lowest BCUT2D eigenvalue weighted by Gasteiger charge is -2.08. The van der Waals surface area contributed by atoms with Crippen molar-refractivity contribution in [2.45, 2.75) is 6.54 Å². The van der Waals surface area contributed by atoms with Crippen molar-refractivity contribution in [3.05, 3.63) is 56.6 Å². The monoisotopic (exact) mass is 289 g/mol. The summed E-state index contributed by atoms with van der Waals surface area (Å²) in [5.74, 6) is -0.0317. The Hall–Kier alpha value is -3.21. The zero-order chi connectivity index (χ0) is 15.6. The van der Waals surface area contributed by atoms with E-state index in [-0.39, 0.29) is 12.2 Å². The molecule has 0 saturated carbocycles. The highest BCUT2D eigenvalue weighted by molar-refractivity contribution is 5.84. The molecule has 2 aromatic rings. The Bertz CT molecular complexity index is 859. The van der Waals surface area contributed by atoms with Gasteiger partial charge in [0, 0.05) is 0 Å². The van der Waals surface area contributed by atoms with Gasteiger partial charge in [0.1, 0.15) is 12.4 Å². The number of halogens is 1. The molecule has 1 aromatic carbocycles. The van der Waals surface area contributed by atoms with E-state index < -0.39 is 28.7 Å². The van der Waals surface area contributed by atoms with E-state index >= 15 is 0 Å². The van der Waals surface area contributed by atoms with Gasteiger partial charge in [-0.25, -0.2) is 23.2 Å². The minimum absolute atomic E-state index is 0.0158. The second-order valence-electron chi connectivity index (χ2n) is 3.92. The molecule has 7 nitrogen and oxygen atoms in total. The van der Waals surface area contributed by atoms with Crippen LogP contribution in [0.5, 0.6) is 0 Å². The first-order valence-electron chi connectivity index (χ1n) is 5.62. The maximum Gasteiger partial charge on any atom is 0.362 e. The van der Waals surface area contributed by atoms with E-state index in [4.69, 9.17) is 11.5 Å². The van der Waals surface area contributed by atoms with E-state index in [1.54, 1.807) is 0 Å². The highest BCUT2D eigenvalue weighted by Crippen LogP contribution is 2.04. The fraction of sp³-hybridized carbons (Fsp3) is 0.0769. The Labute approximate surface area is 116 Å². The minimum atomic E-state index is -1.60. The number of benzene rings is 1. The first-order chi connectivity index (χ1) is 9.95. The SMILES string of the molecule is C#CCn1nc(C(=O)O)c(=O)n(-c2ccc(F)cc2)c1=O. The lowest BCUT2D eigenvalue weighted by molar-refractivity contribution is 0.0684. The molecule has 21 heavy (non-hydrogen) atoms. The van der Waals surface area contributed by atoms with Gasteiger partial charge in [0.05, 0.1) is 5.69 Å². The Morgan fingerprint density at radius 1 is 1.33 bits per heavy atom. The summed E-state index contributed by atoms with van der Waals surface area (Å²) in [4.78, 5) is 35.2. The average molecular weight is 289 g/mol. The van der Waals surface area contributed by atoms with Gasteiger partial charge in [0.2, 0.25) is 5.69 Å². The van der Waals surface area contributed by atoms with E-state index in [1.807, 2.05) is 0 Å². The quantitative estimate of drug-likeness (QED) is 0.794. The molecule has 0 spiro atoms. The van der Waals surface area contributed by atoms with Gasteiger partial charge in [-0.3, -0.25) is 4.79 Å². The van der Waals surface area contributed by atoms with Crippen molar-refractivity contribution in [1.29, 1.82) is 0 Å². The topological polar surface area (TPSA) is 94.2 Å². The Morgan fingerprint density at radius 3 is 2.48 bits per heavy atom. The smallest absolute Gasteiger partial charge is 0.362 e. The molecule has 1 N–H and O–H groups in total. The summed E-state index contributed by atoms with van der Waals surface area (Å²) < 4.78 is 14.2. The number of nitrogens with zero attached hydrogens (tertiary/aromatic N) is 3. The van der Waals surface area contributed by atoms with Gasteiger partial charge in [-0.2, -0.15) is 5.10 Å². The number of carboxylic acid groups (broad SMARTS) is 1. The number of terminal acetylenes is 1. The highest BCUT2D eigenvalue weighted by Gasteiger charge is 2.19. The molecule has 0 aliphatic heterocycles. The minimum Gasteiger partial charge on any atom is -0.476 e. The van der Waals surface area contributed by atoms with Gasteiger partial charge < -0.3 is 5.11 Å². The molecule has 0 bridgehead atoms. The Morgan fingerprint density at radius 2 is 1.95 bits per heavy atom. The van der Waals surface area contributed by atoms with Crippen LogP contribution in [0.2, 0.25) is 0 Å². The molecule has 8 heteroatoms. The third-order valence-electron chi connectivity index (χ3n) is 2.57. The molecule has 0 fully saturated rings. The number of aromatic carboxylic acids is 1. The molecule has 0 amide bonds. The molecule has 2 rings (SSSR count).